The molecule has 12 rings (SSSR count). The molecule has 0 spiro atoms. The Morgan fingerprint density at radius 2 is 1.25 bits per heavy atom. The van der Waals surface area contributed by atoms with Gasteiger partial charge in [0.15, 0.2) is 0 Å². The molecule has 0 saturated carbocycles. The van der Waals surface area contributed by atoms with Crippen LogP contribution in [0.2, 0.25) is 0 Å². The lowest BCUT2D eigenvalue weighted by molar-refractivity contribution is 0.775. The number of para-hydroxylation sites is 1. The van der Waals surface area contributed by atoms with Crippen LogP contribution in [0.15, 0.2) is 176 Å². The monoisotopic (exact) mass is 716 g/mol. The number of fused-ring (bicyclic) bond motifs is 9. The minimum absolute atomic E-state index is 0.475. The molecule has 1 N–H and O–H groups in total. The fourth-order valence-corrected chi connectivity index (χ4v) is 9.77. The lowest BCUT2D eigenvalue weighted by Crippen LogP contribution is -2.30. The van der Waals surface area contributed by atoms with E-state index in [0.29, 0.717) is 0 Å². The summed E-state index contributed by atoms with van der Waals surface area (Å²) in [4.78, 5) is 4.41. The Balaban J connectivity index is 0.988. The number of nitrogens with zero attached hydrogens (tertiary/aromatic N) is 4. The Labute approximate surface area is 323 Å². The molecule has 6 aromatic carbocycles. The molecule has 3 aliphatic rings. The molecule has 0 saturated heterocycles. The molecular weight excluding hydrogens is 683 g/mol. The van der Waals surface area contributed by atoms with Gasteiger partial charge in [-0.25, -0.2) is 0 Å². The maximum Gasteiger partial charge on any atom is 0.300 e. The third kappa shape index (κ3) is 4.15. The molecule has 9 aromatic rings. The van der Waals surface area contributed by atoms with E-state index in [2.05, 4.69) is 196 Å². The summed E-state index contributed by atoms with van der Waals surface area (Å²) in [5, 5.41) is 7.25. The van der Waals surface area contributed by atoms with Crippen molar-refractivity contribution in [3.8, 4) is 22.5 Å². The maximum atomic E-state index is 4.81. The van der Waals surface area contributed by atoms with Gasteiger partial charge in [0.1, 0.15) is 5.82 Å². The van der Waals surface area contributed by atoms with E-state index in [-0.39, 0.29) is 0 Å². The van der Waals surface area contributed by atoms with E-state index in [0.717, 1.165) is 34.6 Å². The largest absolute Gasteiger partial charge is 0.367 e. The highest BCUT2D eigenvalue weighted by atomic mass is 15.1. The Bertz CT molecular complexity index is 3150. The van der Waals surface area contributed by atoms with Crippen LogP contribution in [0.5, 0.6) is 0 Å². The standard InChI is InChI=1S/C51H34N5/c1-3-10-35(11-4-1)51(36-12-5-2-6-13-36)43-25-26-47-49(48(43)42-31-53-32-44(42)51)40-14-7-8-16-45(40)55(47)37-21-17-33(18-22-37)34-19-23-38(24-20-34)56-46-27-29-52-30-41(46)39-15-9-28-54-50(39)56/h1-27,29-32,54H,28H2/q+1. The number of nitrogens with one attached hydrogen (secondary N) is 1. The van der Waals surface area contributed by atoms with E-state index in [1.807, 2.05) is 12.4 Å². The van der Waals surface area contributed by atoms with Crippen LogP contribution in [0.25, 0.3) is 66.9 Å². The summed E-state index contributed by atoms with van der Waals surface area (Å²) in [6.07, 6.45) is 12.4. The highest BCUT2D eigenvalue weighted by Gasteiger charge is 2.52. The van der Waals surface area contributed by atoms with Gasteiger partial charge in [-0.3, -0.25) is 9.55 Å². The molecule has 0 atom stereocenters. The third-order valence-electron chi connectivity index (χ3n) is 12.1. The van der Waals surface area contributed by atoms with E-state index in [1.54, 1.807) is 0 Å². The summed E-state index contributed by atoms with van der Waals surface area (Å²) >= 11 is 0. The number of anilines is 1. The Hall–Kier alpha value is -7.46. The third-order valence-corrected chi connectivity index (χ3v) is 12.1. The van der Waals surface area contributed by atoms with Crippen molar-refractivity contribution in [3.05, 3.63) is 204 Å². The van der Waals surface area contributed by atoms with Crippen LogP contribution in [0.1, 0.15) is 27.8 Å². The van der Waals surface area contributed by atoms with Crippen LogP contribution in [0.3, 0.4) is 0 Å². The second kappa shape index (κ2) is 11.8. The van der Waals surface area contributed by atoms with Crippen molar-refractivity contribution in [2.24, 2.45) is 0 Å². The summed E-state index contributed by atoms with van der Waals surface area (Å²) in [6.45, 7) is 0.809. The Morgan fingerprint density at radius 1 is 0.589 bits per heavy atom. The normalized spacial score (nSPS) is 14.8. The van der Waals surface area contributed by atoms with E-state index >= 15 is 0 Å². The topological polar surface area (TPSA) is 48.9 Å². The van der Waals surface area contributed by atoms with Crippen molar-refractivity contribution in [1.82, 2.24) is 18.8 Å². The molecule has 5 heterocycles. The fourth-order valence-electron chi connectivity index (χ4n) is 9.77. The lowest BCUT2D eigenvalue weighted by Gasteiger charge is -2.32. The molecule has 0 amide bonds. The zero-order valence-electron chi connectivity index (χ0n) is 30.4. The average molecular weight is 717 g/mol. The fraction of sp³-hybridized carbons (Fsp3) is 0.0392. The van der Waals surface area contributed by atoms with Gasteiger partial charge in [-0.1, -0.05) is 126 Å². The molecule has 3 aromatic heterocycles. The molecule has 2 aliphatic heterocycles. The van der Waals surface area contributed by atoms with E-state index in [1.165, 1.54) is 71.9 Å². The van der Waals surface area contributed by atoms with Gasteiger partial charge < -0.3 is 9.88 Å². The van der Waals surface area contributed by atoms with Crippen molar-refractivity contribution in [1.29, 1.82) is 0 Å². The van der Waals surface area contributed by atoms with Crippen molar-refractivity contribution >= 4 is 62.6 Å². The number of allylic oxidation sites excluding steroid dienone is 2. The van der Waals surface area contributed by atoms with Crippen LogP contribution in [-0.4, -0.2) is 33.1 Å². The molecule has 262 valence electrons. The maximum absolute atomic E-state index is 4.81. The van der Waals surface area contributed by atoms with Gasteiger partial charge in [-0.2, -0.15) is 0 Å². The molecule has 5 nitrogen and oxygen atoms in total. The van der Waals surface area contributed by atoms with Crippen LogP contribution in [0.4, 0.5) is 5.82 Å². The SMILES string of the molecule is C1=Cc2c(n(-c3ccc(-c4ccc(-n5c6ccccc6c6c7c(ccc65)C(c5ccccc5)(c5ccccc5)C5=C7C=[N+]=C5)cc4)cc3)c3ccncc23)NC1. The molecular formula is C51H34N5+. The van der Waals surface area contributed by atoms with Crippen molar-refractivity contribution < 1.29 is 0 Å². The number of pyridine rings is 1. The summed E-state index contributed by atoms with van der Waals surface area (Å²) in [6, 6.07) is 55.4. The summed E-state index contributed by atoms with van der Waals surface area (Å²) < 4.78 is 9.55. The van der Waals surface area contributed by atoms with Gasteiger partial charge in [0.25, 0.3) is 6.21 Å². The predicted octanol–water partition coefficient (Wildman–Crippen LogP) is 10.6. The first kappa shape index (κ1) is 30.9. The second-order valence-corrected chi connectivity index (χ2v) is 14.8. The Morgan fingerprint density at radius 3 is 1.98 bits per heavy atom. The zero-order valence-corrected chi connectivity index (χ0v) is 30.4. The first-order valence-electron chi connectivity index (χ1n) is 19.2. The molecule has 0 radical (unpaired) electrons. The van der Waals surface area contributed by atoms with Gasteiger partial charge in [0.2, 0.25) is 0 Å². The van der Waals surface area contributed by atoms with Crippen molar-refractivity contribution in [3.63, 3.8) is 0 Å². The first-order chi connectivity index (χ1) is 27.8. The van der Waals surface area contributed by atoms with Crippen LogP contribution in [0, 0.1) is 0 Å². The zero-order chi connectivity index (χ0) is 36.8. The molecule has 0 fully saturated rings. The van der Waals surface area contributed by atoms with E-state index < -0.39 is 5.41 Å². The molecule has 0 unspecified atom stereocenters. The number of hydrogen-bond donors (Lipinski definition) is 1. The van der Waals surface area contributed by atoms with Crippen molar-refractivity contribution in [2.45, 2.75) is 5.41 Å². The van der Waals surface area contributed by atoms with Gasteiger partial charge >= 0.3 is 6.21 Å². The molecule has 1 aliphatic carbocycles. The van der Waals surface area contributed by atoms with Gasteiger partial charge in [0.05, 0.1) is 33.1 Å². The van der Waals surface area contributed by atoms with Crippen LogP contribution in [-0.2, 0) is 5.41 Å². The number of hydrogen-bond acceptors (Lipinski definition) is 2. The van der Waals surface area contributed by atoms with E-state index in [4.69, 9.17) is 4.67 Å². The molecule has 56 heavy (non-hydrogen) atoms. The molecule has 5 heteroatoms. The van der Waals surface area contributed by atoms with Crippen LogP contribution >= 0.6 is 0 Å². The smallest absolute Gasteiger partial charge is 0.300 e. The van der Waals surface area contributed by atoms with E-state index in [9.17, 15) is 0 Å². The highest BCUT2D eigenvalue weighted by Crippen LogP contribution is 2.56. The lowest BCUT2D eigenvalue weighted by atomic mass is 9.67. The minimum atomic E-state index is -0.475. The van der Waals surface area contributed by atoms with Crippen molar-refractivity contribution in [2.75, 3.05) is 11.9 Å². The average Bonchev–Trinajstić information content (AvgIpc) is 4.03. The number of aromatic nitrogens is 3. The summed E-state index contributed by atoms with van der Waals surface area (Å²) in [5.74, 6) is 1.11. The quantitative estimate of drug-likeness (QED) is 0.180. The summed E-state index contributed by atoms with van der Waals surface area (Å²) in [7, 11) is 0. The number of benzene rings is 6. The molecule has 0 bridgehead atoms. The summed E-state index contributed by atoms with van der Waals surface area (Å²) in [5.41, 5.74) is 16.3. The van der Waals surface area contributed by atoms with Gasteiger partial charge in [-0.15, -0.1) is 0 Å². The minimum Gasteiger partial charge on any atom is -0.367 e. The Kier molecular flexibility index (Phi) is 6.50. The number of rotatable bonds is 5. The first-order valence-corrected chi connectivity index (χ1v) is 19.2. The predicted molar refractivity (Wildman–Crippen MR) is 232 cm³/mol. The highest BCUT2D eigenvalue weighted by molar-refractivity contribution is 6.30. The van der Waals surface area contributed by atoms with Gasteiger partial charge in [-0.05, 0) is 70.3 Å². The van der Waals surface area contributed by atoms with Gasteiger partial charge in [0, 0.05) is 57.6 Å². The second-order valence-electron chi connectivity index (χ2n) is 14.8. The van der Waals surface area contributed by atoms with Crippen LogP contribution < -0.4 is 9.98 Å².